The molecule has 0 bridgehead atoms. The predicted molar refractivity (Wildman–Crippen MR) is 121 cm³/mol. The van der Waals surface area contributed by atoms with Crippen LogP contribution in [0.5, 0.6) is 0 Å². The fourth-order valence-corrected chi connectivity index (χ4v) is 4.71. The molecule has 1 aliphatic carbocycles. The van der Waals surface area contributed by atoms with Gasteiger partial charge in [-0.3, -0.25) is 9.20 Å². The first-order chi connectivity index (χ1) is 14.9. The molecule has 2 aromatic carbocycles. The number of fused-ring (bicyclic) bond motifs is 1. The normalized spacial score (nSPS) is 20.5. The Morgan fingerprint density at radius 3 is 2.68 bits per heavy atom. The number of nitrogens with zero attached hydrogens (tertiary/aromatic N) is 3. The number of nitrogen functional groups attached to an aromatic ring is 1. The van der Waals surface area contributed by atoms with E-state index in [-0.39, 0.29) is 5.92 Å². The molecule has 0 radical (unpaired) electrons. The summed E-state index contributed by atoms with van der Waals surface area (Å²) in [5.41, 5.74) is 11.8. The largest absolute Gasteiger partial charge is 0.390 e. The van der Waals surface area contributed by atoms with Crippen LogP contribution in [0.4, 0.5) is 5.82 Å². The fraction of sp³-hybridized carbons (Fsp3) is 0.240. The maximum Gasteiger partial charge on any atom is 0.150 e. The van der Waals surface area contributed by atoms with Gasteiger partial charge in [0.1, 0.15) is 22.9 Å². The molecule has 2 heterocycles. The van der Waals surface area contributed by atoms with Crippen LogP contribution in [0.15, 0.2) is 54.9 Å². The molecule has 156 valence electrons. The van der Waals surface area contributed by atoms with Gasteiger partial charge in [0.2, 0.25) is 0 Å². The van der Waals surface area contributed by atoms with Crippen LogP contribution in [0.2, 0.25) is 0 Å². The fourth-order valence-electron chi connectivity index (χ4n) is 4.71. The lowest BCUT2D eigenvalue weighted by Gasteiger charge is -2.40. The number of aromatic nitrogens is 3. The number of nitrogens with two attached hydrogens (primary N) is 1. The predicted octanol–water partition coefficient (Wildman–Crippen LogP) is 4.39. The third-order valence-electron chi connectivity index (χ3n) is 6.23. The number of carbonyl (C=O) groups excluding carboxylic acids is 1. The van der Waals surface area contributed by atoms with Gasteiger partial charge in [-0.25, -0.2) is 9.97 Å². The van der Waals surface area contributed by atoms with Crippen molar-refractivity contribution in [2.24, 2.45) is 0 Å². The quantitative estimate of drug-likeness (QED) is 0.485. The Labute approximate surface area is 180 Å². The summed E-state index contributed by atoms with van der Waals surface area (Å²) >= 11 is 0. The lowest BCUT2D eigenvalue weighted by atomic mass is 9.72. The first-order valence-electron chi connectivity index (χ1n) is 10.4. The third-order valence-corrected chi connectivity index (χ3v) is 6.23. The number of aldehydes is 1. The Hall–Kier alpha value is -3.51. The number of rotatable bonds is 4. The summed E-state index contributed by atoms with van der Waals surface area (Å²) in [7, 11) is 0. The highest BCUT2D eigenvalue weighted by Crippen LogP contribution is 2.45. The van der Waals surface area contributed by atoms with Crippen LogP contribution >= 0.6 is 0 Å². The zero-order chi connectivity index (χ0) is 21.8. The molecule has 0 amide bonds. The summed E-state index contributed by atoms with van der Waals surface area (Å²) in [6.07, 6.45) is 5.80. The summed E-state index contributed by atoms with van der Waals surface area (Å²) in [5, 5.41) is 10.2. The molecule has 5 rings (SSSR count). The molecule has 0 aliphatic heterocycles. The van der Waals surface area contributed by atoms with Gasteiger partial charge >= 0.3 is 0 Å². The Balaban J connectivity index is 1.64. The number of hydrogen-bond acceptors (Lipinski definition) is 5. The minimum absolute atomic E-state index is 0.178. The van der Waals surface area contributed by atoms with Gasteiger partial charge in [0, 0.05) is 29.4 Å². The van der Waals surface area contributed by atoms with Gasteiger partial charge in [-0.15, -0.1) is 0 Å². The number of anilines is 1. The van der Waals surface area contributed by atoms with Crippen molar-refractivity contribution in [3.63, 3.8) is 0 Å². The highest BCUT2D eigenvalue weighted by Gasteiger charge is 2.41. The van der Waals surface area contributed by atoms with Crippen LogP contribution in [-0.4, -0.2) is 31.4 Å². The summed E-state index contributed by atoms with van der Waals surface area (Å²) in [5.74, 6) is 1.51. The van der Waals surface area contributed by atoms with Gasteiger partial charge in [-0.05, 0) is 43.4 Å². The lowest BCUT2D eigenvalue weighted by Crippen LogP contribution is -2.40. The Morgan fingerprint density at radius 2 is 1.97 bits per heavy atom. The zero-order valence-electron chi connectivity index (χ0n) is 17.5. The molecular formula is C25H24N4O2. The Kier molecular flexibility index (Phi) is 4.41. The van der Waals surface area contributed by atoms with Gasteiger partial charge in [-0.1, -0.05) is 42.5 Å². The molecule has 6 nitrogen and oxygen atoms in total. The maximum absolute atomic E-state index is 11.5. The minimum Gasteiger partial charge on any atom is -0.390 e. The second-order valence-electron chi connectivity index (χ2n) is 8.69. The molecule has 1 saturated carbocycles. The van der Waals surface area contributed by atoms with Crippen molar-refractivity contribution in [3.8, 4) is 22.4 Å². The number of carbonyl (C=O) groups is 1. The highest BCUT2D eigenvalue weighted by molar-refractivity contribution is 5.90. The molecule has 0 unspecified atom stereocenters. The van der Waals surface area contributed by atoms with Crippen molar-refractivity contribution in [1.82, 2.24) is 14.4 Å². The van der Waals surface area contributed by atoms with Crippen molar-refractivity contribution in [1.29, 1.82) is 0 Å². The monoisotopic (exact) mass is 412 g/mol. The summed E-state index contributed by atoms with van der Waals surface area (Å²) in [6, 6.07) is 13.7. The van der Waals surface area contributed by atoms with Crippen molar-refractivity contribution in [2.75, 3.05) is 5.73 Å². The molecule has 4 aromatic rings. The molecule has 0 atom stereocenters. The SMILES string of the molecule is Cc1cc(-c2ccccc2C=O)ccc1-c1nc(C2CC(C)(O)C2)n2ccnc(N)c12. The zero-order valence-corrected chi connectivity index (χ0v) is 17.5. The molecule has 6 heteroatoms. The summed E-state index contributed by atoms with van der Waals surface area (Å²) < 4.78 is 2.01. The van der Waals surface area contributed by atoms with E-state index in [1.165, 1.54) is 0 Å². The molecule has 1 fully saturated rings. The average Bonchev–Trinajstić information content (AvgIpc) is 3.12. The van der Waals surface area contributed by atoms with E-state index in [4.69, 9.17) is 10.7 Å². The second-order valence-corrected chi connectivity index (χ2v) is 8.69. The molecule has 0 saturated heterocycles. The molecule has 1 aliphatic rings. The van der Waals surface area contributed by atoms with E-state index in [1.807, 2.05) is 60.8 Å². The van der Waals surface area contributed by atoms with Crippen LogP contribution in [0, 0.1) is 6.92 Å². The number of aliphatic hydroxyl groups is 1. The van der Waals surface area contributed by atoms with Crippen LogP contribution in [-0.2, 0) is 0 Å². The maximum atomic E-state index is 11.5. The van der Waals surface area contributed by atoms with Crippen LogP contribution in [0.25, 0.3) is 27.9 Å². The number of hydrogen-bond donors (Lipinski definition) is 2. The van der Waals surface area contributed by atoms with Gasteiger partial charge in [0.15, 0.2) is 6.29 Å². The van der Waals surface area contributed by atoms with E-state index in [9.17, 15) is 9.90 Å². The summed E-state index contributed by atoms with van der Waals surface area (Å²) in [4.78, 5) is 20.7. The van der Waals surface area contributed by atoms with E-state index in [0.29, 0.717) is 24.2 Å². The van der Waals surface area contributed by atoms with Crippen LogP contribution in [0.1, 0.15) is 47.4 Å². The third kappa shape index (κ3) is 3.20. The topological polar surface area (TPSA) is 93.5 Å². The van der Waals surface area contributed by atoms with Gasteiger partial charge in [0.05, 0.1) is 5.60 Å². The smallest absolute Gasteiger partial charge is 0.150 e. The Bertz CT molecular complexity index is 1310. The lowest BCUT2D eigenvalue weighted by molar-refractivity contribution is -0.0335. The standard InChI is InChI=1S/C25H24N4O2/c1-15-11-16(20-6-4-3-5-17(20)14-30)7-8-19(15)21-22-23(26)27-9-10-29(22)24(28-21)18-12-25(2,31)13-18/h3-11,14,18,31H,12-13H2,1-2H3,(H2,26,27). The second kappa shape index (κ2) is 7.03. The molecule has 3 N–H and O–H groups in total. The molecular weight excluding hydrogens is 388 g/mol. The van der Waals surface area contributed by atoms with E-state index >= 15 is 0 Å². The summed E-state index contributed by atoms with van der Waals surface area (Å²) in [6.45, 7) is 3.89. The van der Waals surface area contributed by atoms with Crippen molar-refractivity contribution < 1.29 is 9.90 Å². The van der Waals surface area contributed by atoms with Crippen LogP contribution < -0.4 is 5.73 Å². The van der Waals surface area contributed by atoms with Gasteiger partial charge in [0.25, 0.3) is 0 Å². The first kappa shape index (κ1) is 19.5. The molecule has 31 heavy (non-hydrogen) atoms. The van der Waals surface area contributed by atoms with Crippen LogP contribution in [0.3, 0.4) is 0 Å². The first-order valence-corrected chi connectivity index (χ1v) is 10.4. The van der Waals surface area contributed by atoms with E-state index in [1.54, 1.807) is 6.20 Å². The van der Waals surface area contributed by atoms with E-state index in [0.717, 1.165) is 45.6 Å². The van der Waals surface area contributed by atoms with Crippen molar-refractivity contribution >= 4 is 17.6 Å². The average molecular weight is 412 g/mol. The van der Waals surface area contributed by atoms with Gasteiger partial charge < -0.3 is 10.8 Å². The van der Waals surface area contributed by atoms with Crippen molar-refractivity contribution in [2.45, 2.75) is 38.2 Å². The molecule has 2 aromatic heterocycles. The Morgan fingerprint density at radius 1 is 1.19 bits per heavy atom. The number of aryl methyl sites for hydroxylation is 1. The molecule has 0 spiro atoms. The van der Waals surface area contributed by atoms with Crippen molar-refractivity contribution in [3.05, 3.63) is 71.8 Å². The highest BCUT2D eigenvalue weighted by atomic mass is 16.3. The number of imidazole rings is 1. The number of benzene rings is 2. The van der Waals surface area contributed by atoms with Gasteiger partial charge in [-0.2, -0.15) is 0 Å². The minimum atomic E-state index is -0.640. The van der Waals surface area contributed by atoms with E-state index in [2.05, 4.69) is 11.1 Å². The van der Waals surface area contributed by atoms with E-state index < -0.39 is 5.60 Å².